The summed E-state index contributed by atoms with van der Waals surface area (Å²) < 4.78 is 5.04. The second-order valence-electron chi connectivity index (χ2n) is 3.53. The Morgan fingerprint density at radius 1 is 1.50 bits per heavy atom. The fourth-order valence-corrected chi connectivity index (χ4v) is 1.47. The molecule has 0 radical (unpaired) electrons. The van der Waals surface area contributed by atoms with Crippen molar-refractivity contribution in [1.29, 1.82) is 0 Å². The lowest BCUT2D eigenvalue weighted by molar-refractivity contribution is -0.210. The number of hydrogen-bond acceptors (Lipinski definition) is 5. The Kier molecular flexibility index (Phi) is 3.43. The minimum Gasteiger partial charge on any atom is -0.389 e. The van der Waals surface area contributed by atoms with E-state index >= 15 is 0 Å². The topological polar surface area (TPSA) is 105 Å². The molecule has 1 amide bonds. The van der Waals surface area contributed by atoms with Crippen LogP contribution in [0, 0.1) is 0 Å². The second-order valence-corrected chi connectivity index (χ2v) is 3.53. The van der Waals surface area contributed by atoms with Crippen molar-refractivity contribution in [3.8, 4) is 0 Å². The number of nitrogens with two attached hydrogens (primary N) is 1. The van der Waals surface area contributed by atoms with Gasteiger partial charge in [-0.05, 0) is 6.92 Å². The van der Waals surface area contributed by atoms with Gasteiger partial charge in [0, 0.05) is 6.92 Å². The molecule has 0 saturated carbocycles. The molecule has 1 saturated heterocycles. The van der Waals surface area contributed by atoms with E-state index in [9.17, 15) is 15.0 Å². The third-order valence-corrected chi connectivity index (χ3v) is 2.34. The molecule has 82 valence electrons. The number of aliphatic hydroxyl groups is 2. The van der Waals surface area contributed by atoms with E-state index in [0.29, 0.717) is 0 Å². The Hall–Kier alpha value is -0.690. The Morgan fingerprint density at radius 2 is 2.07 bits per heavy atom. The molecule has 6 heteroatoms. The van der Waals surface area contributed by atoms with Crippen LogP contribution in [0.1, 0.15) is 13.8 Å². The van der Waals surface area contributed by atoms with Crippen LogP contribution in [0.3, 0.4) is 0 Å². The first kappa shape index (κ1) is 11.4. The molecule has 0 spiro atoms. The Morgan fingerprint density at radius 3 is 2.57 bits per heavy atom. The number of carbonyl (C=O) groups is 1. The van der Waals surface area contributed by atoms with Crippen molar-refractivity contribution in [3.63, 3.8) is 0 Å². The summed E-state index contributed by atoms with van der Waals surface area (Å²) in [6, 6.07) is -1.48. The van der Waals surface area contributed by atoms with E-state index in [2.05, 4.69) is 5.32 Å². The highest BCUT2D eigenvalue weighted by molar-refractivity contribution is 5.73. The normalized spacial score (nSPS) is 43.4. The van der Waals surface area contributed by atoms with Crippen molar-refractivity contribution in [2.24, 2.45) is 5.73 Å². The Bertz CT molecular complexity index is 223. The van der Waals surface area contributed by atoms with Gasteiger partial charge in [0.25, 0.3) is 0 Å². The summed E-state index contributed by atoms with van der Waals surface area (Å²) in [6.45, 7) is 2.95. The van der Waals surface area contributed by atoms with E-state index in [1.165, 1.54) is 6.92 Å². The van der Waals surface area contributed by atoms with Gasteiger partial charge in [0.05, 0.1) is 18.2 Å². The van der Waals surface area contributed by atoms with Gasteiger partial charge < -0.3 is 26.0 Å². The minimum absolute atomic E-state index is 0.349. The van der Waals surface area contributed by atoms with E-state index in [-0.39, 0.29) is 5.91 Å². The van der Waals surface area contributed by atoms with Crippen molar-refractivity contribution in [1.82, 2.24) is 5.32 Å². The first-order valence-electron chi connectivity index (χ1n) is 4.47. The smallest absolute Gasteiger partial charge is 0.217 e. The van der Waals surface area contributed by atoms with Gasteiger partial charge in [-0.3, -0.25) is 4.79 Å². The molecule has 1 heterocycles. The largest absolute Gasteiger partial charge is 0.389 e. The van der Waals surface area contributed by atoms with E-state index < -0.39 is 30.6 Å². The van der Waals surface area contributed by atoms with Gasteiger partial charge in [0.2, 0.25) is 5.91 Å². The summed E-state index contributed by atoms with van der Waals surface area (Å²) in [5.74, 6) is -0.349. The van der Waals surface area contributed by atoms with Gasteiger partial charge in [0.15, 0.2) is 6.29 Å². The molecular weight excluding hydrogens is 188 g/mol. The van der Waals surface area contributed by atoms with Gasteiger partial charge in [-0.25, -0.2) is 0 Å². The highest BCUT2D eigenvalue weighted by atomic mass is 16.6. The molecule has 1 fully saturated rings. The van der Waals surface area contributed by atoms with Crippen molar-refractivity contribution in [3.05, 3.63) is 0 Å². The van der Waals surface area contributed by atoms with Gasteiger partial charge in [0.1, 0.15) is 6.04 Å². The van der Waals surface area contributed by atoms with E-state index in [1.54, 1.807) is 6.92 Å². The van der Waals surface area contributed by atoms with Crippen LogP contribution in [0.15, 0.2) is 0 Å². The highest BCUT2D eigenvalue weighted by Crippen LogP contribution is 2.17. The molecule has 1 aliphatic rings. The van der Waals surface area contributed by atoms with Gasteiger partial charge in [-0.2, -0.15) is 0 Å². The van der Waals surface area contributed by atoms with Crippen LogP contribution < -0.4 is 11.1 Å². The average Bonchev–Trinajstić information content (AvgIpc) is 2.09. The first-order valence-corrected chi connectivity index (χ1v) is 4.47. The third-order valence-electron chi connectivity index (χ3n) is 2.34. The molecule has 1 aliphatic heterocycles. The number of hydrogen-bond donors (Lipinski definition) is 4. The molecule has 1 rings (SSSR count). The maximum absolute atomic E-state index is 10.8. The summed E-state index contributed by atoms with van der Waals surface area (Å²) in [6.07, 6.45) is -2.66. The van der Waals surface area contributed by atoms with E-state index in [0.717, 1.165) is 0 Å². The summed E-state index contributed by atoms with van der Waals surface area (Å²) in [7, 11) is 0. The van der Waals surface area contributed by atoms with Crippen molar-refractivity contribution in [2.75, 3.05) is 0 Å². The van der Waals surface area contributed by atoms with Crippen LogP contribution in [0.25, 0.3) is 0 Å². The van der Waals surface area contributed by atoms with Gasteiger partial charge in [-0.15, -0.1) is 0 Å². The molecule has 0 aliphatic carbocycles. The summed E-state index contributed by atoms with van der Waals surface area (Å²) in [5, 5.41) is 21.5. The summed E-state index contributed by atoms with van der Waals surface area (Å²) in [5.41, 5.74) is 5.61. The van der Waals surface area contributed by atoms with Crippen LogP contribution in [-0.2, 0) is 9.53 Å². The van der Waals surface area contributed by atoms with E-state index in [4.69, 9.17) is 10.5 Å². The lowest BCUT2D eigenvalue weighted by Crippen LogP contribution is -2.65. The number of carbonyl (C=O) groups excluding carboxylic acids is 1. The molecule has 0 aromatic heterocycles. The molecule has 5 N–H and O–H groups in total. The molecule has 1 unspecified atom stereocenters. The molecule has 5 atom stereocenters. The molecule has 0 aromatic carbocycles. The zero-order valence-corrected chi connectivity index (χ0v) is 8.18. The number of rotatable bonds is 1. The predicted molar refractivity (Wildman–Crippen MR) is 48.1 cm³/mol. The lowest BCUT2D eigenvalue weighted by atomic mass is 9.96. The highest BCUT2D eigenvalue weighted by Gasteiger charge is 2.41. The van der Waals surface area contributed by atoms with Crippen LogP contribution in [0.4, 0.5) is 0 Å². The van der Waals surface area contributed by atoms with Gasteiger partial charge >= 0.3 is 0 Å². The van der Waals surface area contributed by atoms with Gasteiger partial charge in [-0.1, -0.05) is 0 Å². The van der Waals surface area contributed by atoms with Crippen molar-refractivity contribution in [2.45, 2.75) is 44.4 Å². The number of aliphatic hydroxyl groups excluding tert-OH is 2. The van der Waals surface area contributed by atoms with E-state index in [1.807, 2.05) is 0 Å². The Labute approximate surface area is 82.0 Å². The quantitative estimate of drug-likeness (QED) is 0.392. The molecule has 14 heavy (non-hydrogen) atoms. The minimum atomic E-state index is -1.22. The maximum Gasteiger partial charge on any atom is 0.217 e. The van der Waals surface area contributed by atoms with Crippen molar-refractivity contribution < 1.29 is 19.7 Å². The van der Waals surface area contributed by atoms with Crippen LogP contribution in [0.5, 0.6) is 0 Å². The monoisotopic (exact) mass is 204 g/mol. The fourth-order valence-electron chi connectivity index (χ4n) is 1.47. The molecule has 6 nitrogen and oxygen atoms in total. The average molecular weight is 204 g/mol. The second kappa shape index (κ2) is 4.22. The first-order chi connectivity index (χ1) is 6.43. The standard InChI is InChI=1S/C8H16N2O4/c1-3-5(9)7(12)6(8(13)14-3)10-4(2)11/h3,5-8,12-13H,9H2,1-2H3,(H,10,11)/t3-,5-,6-,7+,8?/m1/s1. The van der Waals surface area contributed by atoms with Crippen molar-refractivity contribution >= 4 is 5.91 Å². The van der Waals surface area contributed by atoms with Crippen LogP contribution in [0.2, 0.25) is 0 Å². The zero-order valence-electron chi connectivity index (χ0n) is 8.18. The number of amides is 1. The lowest BCUT2D eigenvalue weighted by Gasteiger charge is -2.40. The third kappa shape index (κ3) is 2.21. The Balaban J connectivity index is 2.68. The molecule has 0 bridgehead atoms. The van der Waals surface area contributed by atoms with Crippen LogP contribution in [-0.4, -0.2) is 46.7 Å². The number of ether oxygens (including phenoxy) is 1. The van der Waals surface area contributed by atoms with Crippen LogP contribution >= 0.6 is 0 Å². The summed E-state index contributed by atoms with van der Waals surface area (Å²) >= 11 is 0. The maximum atomic E-state index is 10.8. The molecule has 0 aromatic rings. The fraction of sp³-hybridized carbons (Fsp3) is 0.875. The predicted octanol–water partition coefficient (Wildman–Crippen LogP) is -2.08. The number of nitrogens with one attached hydrogen (secondary N) is 1. The zero-order chi connectivity index (χ0) is 10.9. The summed E-state index contributed by atoms with van der Waals surface area (Å²) in [4.78, 5) is 10.8. The molecular formula is C8H16N2O4. The SMILES string of the molecule is CC(=O)N[C@H]1C(O)O[C@H](C)[C@@H](N)[C@@H]1O.